The van der Waals surface area contributed by atoms with Crippen molar-refractivity contribution in [2.24, 2.45) is 5.41 Å². The topological polar surface area (TPSA) is 0 Å². The van der Waals surface area contributed by atoms with Crippen LogP contribution in [0.15, 0.2) is 0 Å². The van der Waals surface area contributed by atoms with E-state index in [1.807, 2.05) is 0 Å². The molecular weight excluding hydrogens is 253 g/mol. The summed E-state index contributed by atoms with van der Waals surface area (Å²) in [5.41, 5.74) is -2.31. The first-order chi connectivity index (χ1) is 7.54. The van der Waals surface area contributed by atoms with E-state index in [2.05, 4.69) is 0 Å². The first kappa shape index (κ1) is 14.6. The van der Waals surface area contributed by atoms with E-state index >= 15 is 0 Å². The molecular formula is C10H13F7. The van der Waals surface area contributed by atoms with Crippen molar-refractivity contribution in [3.63, 3.8) is 0 Å². The van der Waals surface area contributed by atoms with Gasteiger partial charge >= 0.3 is 12.4 Å². The van der Waals surface area contributed by atoms with Crippen LogP contribution in [0.25, 0.3) is 0 Å². The van der Waals surface area contributed by atoms with E-state index in [0.717, 1.165) is 0 Å². The number of rotatable bonds is 2. The maximum atomic E-state index is 13.6. The zero-order valence-corrected chi connectivity index (χ0v) is 8.97. The van der Waals surface area contributed by atoms with Gasteiger partial charge in [-0.3, -0.25) is 0 Å². The van der Waals surface area contributed by atoms with E-state index in [1.165, 1.54) is 0 Å². The van der Waals surface area contributed by atoms with Crippen LogP contribution in [0.5, 0.6) is 0 Å². The van der Waals surface area contributed by atoms with Crippen molar-refractivity contribution in [3.05, 3.63) is 0 Å². The molecule has 1 aliphatic carbocycles. The van der Waals surface area contributed by atoms with Gasteiger partial charge in [-0.25, -0.2) is 4.39 Å². The van der Waals surface area contributed by atoms with Gasteiger partial charge in [-0.15, -0.1) is 0 Å². The minimum atomic E-state index is -4.77. The SMILES string of the molecule is FC1CCCCC1(CC(F)(F)F)CC(F)(F)F. The minimum Gasteiger partial charge on any atom is -0.247 e. The highest BCUT2D eigenvalue weighted by molar-refractivity contribution is 4.93. The molecule has 17 heavy (non-hydrogen) atoms. The van der Waals surface area contributed by atoms with Gasteiger partial charge in [-0.05, 0) is 12.8 Å². The van der Waals surface area contributed by atoms with Crippen molar-refractivity contribution in [2.75, 3.05) is 0 Å². The zero-order chi connectivity index (χ0) is 13.3. The second-order valence-corrected chi connectivity index (χ2v) is 4.66. The lowest BCUT2D eigenvalue weighted by molar-refractivity contribution is -0.213. The summed E-state index contributed by atoms with van der Waals surface area (Å²) in [4.78, 5) is 0. The van der Waals surface area contributed by atoms with Gasteiger partial charge in [0.25, 0.3) is 0 Å². The van der Waals surface area contributed by atoms with Crippen LogP contribution in [0.1, 0.15) is 38.5 Å². The summed E-state index contributed by atoms with van der Waals surface area (Å²) in [6.45, 7) is 0. The van der Waals surface area contributed by atoms with Crippen molar-refractivity contribution in [3.8, 4) is 0 Å². The van der Waals surface area contributed by atoms with Crippen LogP contribution < -0.4 is 0 Å². The normalized spacial score (nSPS) is 25.9. The molecule has 1 rings (SSSR count). The van der Waals surface area contributed by atoms with Crippen molar-refractivity contribution in [1.82, 2.24) is 0 Å². The van der Waals surface area contributed by atoms with E-state index in [1.54, 1.807) is 0 Å². The fourth-order valence-corrected chi connectivity index (χ4v) is 2.52. The lowest BCUT2D eigenvalue weighted by atomic mass is 9.68. The molecule has 1 unspecified atom stereocenters. The molecule has 0 nitrogen and oxygen atoms in total. The van der Waals surface area contributed by atoms with Gasteiger partial charge in [0, 0.05) is 5.41 Å². The number of alkyl halides is 7. The van der Waals surface area contributed by atoms with Crippen LogP contribution in [-0.4, -0.2) is 18.5 Å². The smallest absolute Gasteiger partial charge is 0.247 e. The zero-order valence-electron chi connectivity index (χ0n) is 8.97. The third kappa shape index (κ3) is 4.35. The monoisotopic (exact) mass is 266 g/mol. The lowest BCUT2D eigenvalue weighted by Gasteiger charge is -2.41. The summed E-state index contributed by atoms with van der Waals surface area (Å²) < 4.78 is 87.4. The highest BCUT2D eigenvalue weighted by atomic mass is 19.4. The quantitative estimate of drug-likeness (QED) is 0.630. The Balaban J connectivity index is 2.90. The molecule has 0 amide bonds. The highest BCUT2D eigenvalue weighted by Gasteiger charge is 2.53. The standard InChI is InChI=1S/C10H13F7/c11-7-3-1-2-4-8(7,5-9(12,13)14)6-10(15,16)17/h7H,1-6H2. The molecule has 1 aliphatic rings. The molecule has 0 N–H and O–H groups in total. The maximum absolute atomic E-state index is 13.6. The Kier molecular flexibility index (Phi) is 3.98. The molecule has 1 atom stereocenters. The summed E-state index contributed by atoms with van der Waals surface area (Å²) in [5, 5.41) is 0. The number of hydrogen-bond acceptors (Lipinski definition) is 0. The second-order valence-electron chi connectivity index (χ2n) is 4.66. The van der Waals surface area contributed by atoms with Crippen LogP contribution in [-0.2, 0) is 0 Å². The summed E-state index contributed by atoms with van der Waals surface area (Å²) in [7, 11) is 0. The second kappa shape index (κ2) is 4.65. The van der Waals surface area contributed by atoms with Gasteiger partial charge in [0.15, 0.2) is 0 Å². The minimum absolute atomic E-state index is 0.215. The fraction of sp³-hybridized carbons (Fsp3) is 1.00. The predicted octanol–water partition coefficient (Wildman–Crippen LogP) is 4.79. The van der Waals surface area contributed by atoms with Crippen molar-refractivity contribution in [2.45, 2.75) is 57.0 Å². The van der Waals surface area contributed by atoms with Gasteiger partial charge in [0.05, 0.1) is 12.8 Å². The summed E-state index contributed by atoms with van der Waals surface area (Å²) in [5.74, 6) is 0. The highest BCUT2D eigenvalue weighted by Crippen LogP contribution is 2.51. The molecule has 0 aromatic heterocycles. The molecule has 0 radical (unpaired) electrons. The predicted molar refractivity (Wildman–Crippen MR) is 47.1 cm³/mol. The van der Waals surface area contributed by atoms with Crippen LogP contribution in [0.4, 0.5) is 30.7 Å². The van der Waals surface area contributed by atoms with E-state index in [0.29, 0.717) is 6.42 Å². The average molecular weight is 266 g/mol. The van der Waals surface area contributed by atoms with Crippen molar-refractivity contribution >= 4 is 0 Å². The van der Waals surface area contributed by atoms with E-state index in [9.17, 15) is 30.7 Å². The Morgan fingerprint density at radius 2 is 1.35 bits per heavy atom. The van der Waals surface area contributed by atoms with Gasteiger partial charge in [0.1, 0.15) is 6.17 Å². The molecule has 7 heteroatoms. The Labute approximate surface area is 94.2 Å². The van der Waals surface area contributed by atoms with Gasteiger partial charge in [0.2, 0.25) is 0 Å². The van der Waals surface area contributed by atoms with Gasteiger partial charge in [-0.2, -0.15) is 26.3 Å². The Morgan fingerprint density at radius 3 is 1.71 bits per heavy atom. The Morgan fingerprint density at radius 1 is 0.882 bits per heavy atom. The molecule has 0 aromatic carbocycles. The Hall–Kier alpha value is -0.490. The van der Waals surface area contributed by atoms with E-state index in [4.69, 9.17) is 0 Å². The van der Waals surface area contributed by atoms with Gasteiger partial charge < -0.3 is 0 Å². The average Bonchev–Trinajstić information content (AvgIpc) is 2.04. The maximum Gasteiger partial charge on any atom is 0.389 e. The molecule has 0 bridgehead atoms. The van der Waals surface area contributed by atoms with Crippen LogP contribution in [0, 0.1) is 5.41 Å². The Bertz CT molecular complexity index is 236. The first-order valence-electron chi connectivity index (χ1n) is 5.32. The molecule has 0 saturated heterocycles. The molecule has 1 saturated carbocycles. The van der Waals surface area contributed by atoms with Crippen LogP contribution in [0.3, 0.4) is 0 Å². The van der Waals surface area contributed by atoms with Crippen LogP contribution in [0.2, 0.25) is 0 Å². The largest absolute Gasteiger partial charge is 0.389 e. The first-order valence-corrected chi connectivity index (χ1v) is 5.32. The molecule has 0 spiro atoms. The number of hydrogen-bond donors (Lipinski definition) is 0. The molecule has 1 fully saturated rings. The van der Waals surface area contributed by atoms with Crippen molar-refractivity contribution < 1.29 is 30.7 Å². The summed E-state index contributed by atoms with van der Waals surface area (Å²) in [6, 6.07) is 0. The number of halogens is 7. The van der Waals surface area contributed by atoms with Crippen LogP contribution >= 0.6 is 0 Å². The van der Waals surface area contributed by atoms with E-state index < -0.39 is 36.8 Å². The molecule has 0 aromatic rings. The van der Waals surface area contributed by atoms with Crippen molar-refractivity contribution in [1.29, 1.82) is 0 Å². The van der Waals surface area contributed by atoms with E-state index in [-0.39, 0.29) is 19.3 Å². The lowest BCUT2D eigenvalue weighted by Crippen LogP contribution is -2.42. The molecule has 102 valence electrons. The molecule has 0 heterocycles. The fourth-order valence-electron chi connectivity index (χ4n) is 2.52. The third-order valence-electron chi connectivity index (χ3n) is 3.15. The van der Waals surface area contributed by atoms with Gasteiger partial charge in [-0.1, -0.05) is 12.8 Å². The summed E-state index contributed by atoms with van der Waals surface area (Å²) >= 11 is 0. The molecule has 0 aliphatic heterocycles. The third-order valence-corrected chi connectivity index (χ3v) is 3.15. The summed E-state index contributed by atoms with van der Waals surface area (Å²) in [6.07, 6.45) is -15.0.